The number of fused-ring (bicyclic) bond motifs is 4. The van der Waals surface area contributed by atoms with Crippen LogP contribution in [0.15, 0.2) is 122 Å². The quantitative estimate of drug-likeness (QED) is 0.0425. The molecular weight excluding hydrogens is 1090 g/mol. The van der Waals surface area contributed by atoms with Crippen LogP contribution in [0.1, 0.15) is 96.1 Å². The summed E-state index contributed by atoms with van der Waals surface area (Å²) in [4.78, 5) is 52.6. The standard InChI is InChI=1S/C32H31FN4O5.C18H14N2O3.C14H19FN2O3.H2/c33-25-15-22(16-28-31(25)42-13-12-41-28)29(38)26(18-36-10-1-11-36)35-32(40)30(39)20-4-2-19(3-5-20)21-6-9-27-23(14-21)17-34-37(27)24-7-8-24;21-17(18(22)23)12-3-1-11(2-4-12)13-5-8-16-14(9-13)10-19-20(16)15-6-7-15;15-10-6-9(7-12-14(10)20-5-4-19-12)13(18)11(16)8-17-2-1-3-17;/h2-6,9,14-17,24,26,29,38H,1,7-8,10-13,18H2,(H,35,40);1-5,8-10,15H,6-7H2,(H,22,23);6-7,11,13,18H,1-5,8,16H2;1H/t26-,29-;;11-,13-;/m1.1./s1. The van der Waals surface area contributed by atoms with Gasteiger partial charge in [0.2, 0.25) is 5.78 Å². The number of aliphatic hydroxyl groups is 2. The number of amides is 1. The number of rotatable bonds is 17. The van der Waals surface area contributed by atoms with Crippen LogP contribution in [-0.2, 0) is 9.59 Å². The normalized spacial score (nSPS) is 17.6. The van der Waals surface area contributed by atoms with E-state index in [1.54, 1.807) is 42.5 Å². The molecule has 2 saturated carbocycles. The summed E-state index contributed by atoms with van der Waals surface area (Å²) in [5, 5.41) is 44.1. The van der Waals surface area contributed by atoms with Crippen LogP contribution < -0.4 is 30.0 Å². The minimum Gasteiger partial charge on any atom is -0.486 e. The molecule has 85 heavy (non-hydrogen) atoms. The van der Waals surface area contributed by atoms with Gasteiger partial charge in [0.05, 0.1) is 47.7 Å². The first-order chi connectivity index (χ1) is 41.2. The van der Waals surface area contributed by atoms with E-state index in [2.05, 4.69) is 58.9 Å². The van der Waals surface area contributed by atoms with Crippen LogP contribution >= 0.6 is 0 Å². The number of aliphatic hydroxyl groups excluding tert-OH is 2. The number of nitrogens with two attached hydrogens (primary N) is 1. The smallest absolute Gasteiger partial charge is 0.377 e. The van der Waals surface area contributed by atoms with Gasteiger partial charge in [-0.3, -0.25) is 23.7 Å². The Morgan fingerprint density at radius 2 is 1.01 bits per heavy atom. The van der Waals surface area contributed by atoms with Crippen molar-refractivity contribution < 1.29 is 63.7 Å². The molecule has 1 amide bonds. The summed E-state index contributed by atoms with van der Waals surface area (Å²) in [5.74, 6) is -4.39. The first-order valence-electron chi connectivity index (χ1n) is 28.8. The number of halogens is 2. The van der Waals surface area contributed by atoms with Gasteiger partial charge in [0.15, 0.2) is 34.6 Å². The molecule has 4 fully saturated rings. The third-order valence-electron chi connectivity index (χ3n) is 16.2. The summed E-state index contributed by atoms with van der Waals surface area (Å²) in [6, 6.07) is 31.2. The predicted octanol–water partition coefficient (Wildman–Crippen LogP) is 8.27. The Balaban J connectivity index is 0.000000147. The zero-order chi connectivity index (χ0) is 58.9. The minimum absolute atomic E-state index is 0. The second-order valence-corrected chi connectivity index (χ2v) is 22.3. The van der Waals surface area contributed by atoms with Crippen LogP contribution in [-0.4, -0.2) is 146 Å². The third kappa shape index (κ3) is 12.6. The van der Waals surface area contributed by atoms with Crippen molar-refractivity contribution in [2.75, 3.05) is 65.7 Å². The van der Waals surface area contributed by atoms with E-state index in [1.165, 1.54) is 37.5 Å². The number of ketones is 2. The molecule has 0 radical (unpaired) electrons. The van der Waals surface area contributed by atoms with Gasteiger partial charge in [-0.2, -0.15) is 10.2 Å². The van der Waals surface area contributed by atoms with Crippen molar-refractivity contribution >= 4 is 45.2 Å². The maximum Gasteiger partial charge on any atom is 0.377 e. The number of carbonyl (C=O) groups is 4. The summed E-state index contributed by atoms with van der Waals surface area (Å²) in [6.07, 6.45) is 8.46. The lowest BCUT2D eigenvalue weighted by Gasteiger charge is -2.36. The molecule has 6 aliphatic rings. The fourth-order valence-corrected chi connectivity index (χ4v) is 10.9. The lowest BCUT2D eigenvalue weighted by atomic mass is 9.98. The number of aliphatic carboxylic acids is 1. The van der Waals surface area contributed by atoms with E-state index < -0.39 is 59.4 Å². The Hall–Kier alpha value is -8.60. The van der Waals surface area contributed by atoms with Gasteiger partial charge in [-0.15, -0.1) is 0 Å². The SMILES string of the molecule is N[C@H](CN1CCC1)[C@H](O)c1cc(F)c2c(c1)OCCO2.O=C(N[C@H](CN1CCC1)[C@H](O)c1cc(F)c2c(c1)OCCO2)C(=O)c1ccc(-c2ccc3c(cnn3C3CC3)c2)cc1.O=C(O)C(=O)c1ccc(-c2ccc3c(cnn3C3CC3)c2)cc1.[HH]. The number of carboxylic acid groups (broad SMARTS) is 1. The molecule has 6 heterocycles. The van der Waals surface area contributed by atoms with Crippen LogP contribution in [0.25, 0.3) is 44.1 Å². The van der Waals surface area contributed by atoms with Crippen LogP contribution in [0, 0.1) is 11.6 Å². The molecule has 21 heteroatoms. The van der Waals surface area contributed by atoms with Crippen molar-refractivity contribution in [2.45, 2.75) is 74.9 Å². The monoisotopic (exact) mass is 1160 g/mol. The van der Waals surface area contributed by atoms with E-state index in [0.717, 1.165) is 89.5 Å². The van der Waals surface area contributed by atoms with Crippen molar-refractivity contribution in [3.8, 4) is 45.3 Å². The number of benzene rings is 6. The number of nitrogens with one attached hydrogen (secondary N) is 1. The average Bonchev–Trinajstić information content (AvgIpc) is 2.11. The first-order valence-corrected chi connectivity index (χ1v) is 28.8. The van der Waals surface area contributed by atoms with Crippen molar-refractivity contribution in [3.05, 3.63) is 155 Å². The summed E-state index contributed by atoms with van der Waals surface area (Å²) >= 11 is 0. The Bertz CT molecular complexity index is 3810. The highest BCUT2D eigenvalue weighted by atomic mass is 19.1. The average molecular weight is 1160 g/mol. The first kappa shape index (κ1) is 56.9. The predicted molar refractivity (Wildman–Crippen MR) is 312 cm³/mol. The fraction of sp³-hybridized carbons (Fsp3) is 0.344. The Morgan fingerprint density at radius 1 is 0.576 bits per heavy atom. The molecule has 2 aliphatic carbocycles. The number of hydrogen-bond acceptors (Lipinski definition) is 15. The summed E-state index contributed by atoms with van der Waals surface area (Å²) in [6.45, 7) is 5.80. The van der Waals surface area contributed by atoms with Gasteiger partial charge in [-0.25, -0.2) is 13.6 Å². The molecule has 19 nitrogen and oxygen atoms in total. The lowest BCUT2D eigenvalue weighted by molar-refractivity contribution is -0.131. The van der Waals surface area contributed by atoms with Gasteiger partial charge in [-0.05, 0) is 147 Å². The zero-order valence-electron chi connectivity index (χ0n) is 46.4. The molecule has 2 aromatic heterocycles. The molecule has 0 unspecified atom stereocenters. The highest BCUT2D eigenvalue weighted by Crippen LogP contribution is 2.41. The molecule has 0 spiro atoms. The van der Waals surface area contributed by atoms with E-state index in [0.29, 0.717) is 49.7 Å². The molecule has 442 valence electrons. The van der Waals surface area contributed by atoms with Gasteiger partial charge < -0.3 is 55.1 Å². The van der Waals surface area contributed by atoms with E-state index in [4.69, 9.17) is 29.8 Å². The number of carboxylic acids is 1. The molecule has 6 aromatic carbocycles. The summed E-state index contributed by atoms with van der Waals surface area (Å²) in [5.41, 5.74) is 13.2. The van der Waals surface area contributed by atoms with Crippen LogP contribution in [0.4, 0.5) is 8.78 Å². The number of ether oxygens (including phenoxy) is 4. The Labute approximate surface area is 488 Å². The van der Waals surface area contributed by atoms with Gasteiger partial charge in [0.1, 0.15) is 32.5 Å². The number of carbonyl (C=O) groups excluding carboxylic acids is 3. The number of nitrogens with zero attached hydrogens (tertiary/aromatic N) is 6. The molecule has 6 N–H and O–H groups in total. The van der Waals surface area contributed by atoms with Gasteiger partial charge in [-0.1, -0.05) is 60.7 Å². The Kier molecular flexibility index (Phi) is 16.4. The second kappa shape index (κ2) is 24.5. The zero-order valence-corrected chi connectivity index (χ0v) is 46.4. The van der Waals surface area contributed by atoms with Crippen LogP contribution in [0.2, 0.25) is 0 Å². The van der Waals surface area contributed by atoms with Crippen molar-refractivity contribution in [3.63, 3.8) is 0 Å². The molecular formula is C64H66F2N8O11. The highest BCUT2D eigenvalue weighted by Gasteiger charge is 2.33. The molecule has 0 bridgehead atoms. The number of aromatic nitrogens is 4. The van der Waals surface area contributed by atoms with Gasteiger partial charge >= 0.3 is 5.97 Å². The van der Waals surface area contributed by atoms with E-state index in [9.17, 15) is 38.2 Å². The lowest BCUT2D eigenvalue weighted by Crippen LogP contribution is -2.52. The van der Waals surface area contributed by atoms with Crippen molar-refractivity contribution in [1.82, 2.24) is 34.7 Å². The molecule has 4 atom stereocenters. The number of hydrogen-bond donors (Lipinski definition) is 5. The van der Waals surface area contributed by atoms with Crippen LogP contribution in [0.5, 0.6) is 23.0 Å². The summed E-state index contributed by atoms with van der Waals surface area (Å²) in [7, 11) is 0. The van der Waals surface area contributed by atoms with Gasteiger partial charge in [0.25, 0.3) is 11.7 Å². The molecule has 2 saturated heterocycles. The van der Waals surface area contributed by atoms with Crippen molar-refractivity contribution in [2.24, 2.45) is 5.73 Å². The van der Waals surface area contributed by atoms with Gasteiger partial charge in [0, 0.05) is 42.5 Å². The molecule has 4 aliphatic heterocycles. The maximum atomic E-state index is 14.7. The van der Waals surface area contributed by atoms with Crippen molar-refractivity contribution in [1.29, 1.82) is 0 Å². The topological polar surface area (TPSA) is 246 Å². The minimum atomic E-state index is -1.44. The fourth-order valence-electron chi connectivity index (χ4n) is 10.9. The third-order valence-corrected chi connectivity index (χ3v) is 16.2. The molecule has 8 aromatic rings. The largest absolute Gasteiger partial charge is 0.486 e. The highest BCUT2D eigenvalue weighted by molar-refractivity contribution is 6.43. The van der Waals surface area contributed by atoms with E-state index in [-0.39, 0.29) is 48.6 Å². The number of Topliss-reactive ketones (excluding diaryl/α,β-unsaturated/α-hetero) is 2. The summed E-state index contributed by atoms with van der Waals surface area (Å²) < 4.78 is 54.2. The van der Waals surface area contributed by atoms with E-state index >= 15 is 0 Å². The molecule has 14 rings (SSSR count). The Morgan fingerprint density at radius 3 is 1.46 bits per heavy atom. The number of likely N-dealkylation sites (tertiary alicyclic amines) is 2. The van der Waals surface area contributed by atoms with Crippen LogP contribution in [0.3, 0.4) is 0 Å². The second-order valence-electron chi connectivity index (χ2n) is 22.3. The van der Waals surface area contributed by atoms with E-state index in [1.807, 2.05) is 36.7 Å². The maximum absolute atomic E-state index is 14.7.